The van der Waals surface area contributed by atoms with Crippen LogP contribution in [0.15, 0.2) is 79.9 Å². The molecule has 0 aliphatic heterocycles. The fourth-order valence-electron chi connectivity index (χ4n) is 3.61. The zero-order valence-electron chi connectivity index (χ0n) is 18.0. The molecule has 0 bridgehead atoms. The van der Waals surface area contributed by atoms with Gasteiger partial charge in [-0.3, -0.25) is 0 Å². The third kappa shape index (κ3) is 5.17. The third-order valence-electron chi connectivity index (χ3n) is 5.47. The Labute approximate surface area is 183 Å². The SMILES string of the molecule is C=C(CC)c1cc(C(=C)CC(OC)c2cccc(F)c2)cc(-c2ccccc2C#N)c1. The zero-order valence-corrected chi connectivity index (χ0v) is 18.0. The molecule has 1 unspecified atom stereocenters. The second-order valence-corrected chi connectivity index (χ2v) is 7.50. The number of hydrogen-bond donors (Lipinski definition) is 0. The van der Waals surface area contributed by atoms with Gasteiger partial charge in [0.15, 0.2) is 0 Å². The first kappa shape index (κ1) is 22.2. The normalized spacial score (nSPS) is 11.5. The monoisotopic (exact) mass is 411 g/mol. The van der Waals surface area contributed by atoms with Gasteiger partial charge in [0.2, 0.25) is 0 Å². The molecule has 0 heterocycles. The van der Waals surface area contributed by atoms with Crippen LogP contribution in [0.5, 0.6) is 0 Å². The van der Waals surface area contributed by atoms with Gasteiger partial charge in [-0.2, -0.15) is 5.26 Å². The maximum absolute atomic E-state index is 13.7. The molecule has 156 valence electrons. The molecule has 0 fully saturated rings. The lowest BCUT2D eigenvalue weighted by molar-refractivity contribution is 0.107. The predicted molar refractivity (Wildman–Crippen MR) is 126 cm³/mol. The average molecular weight is 412 g/mol. The van der Waals surface area contributed by atoms with Crippen LogP contribution in [-0.4, -0.2) is 7.11 Å². The summed E-state index contributed by atoms with van der Waals surface area (Å²) in [6.45, 7) is 10.6. The highest BCUT2D eigenvalue weighted by Gasteiger charge is 2.16. The maximum Gasteiger partial charge on any atom is 0.123 e. The molecule has 0 aromatic heterocycles. The van der Waals surface area contributed by atoms with E-state index in [0.717, 1.165) is 45.4 Å². The molecule has 3 aromatic rings. The summed E-state index contributed by atoms with van der Waals surface area (Å²) in [7, 11) is 1.62. The van der Waals surface area contributed by atoms with E-state index in [9.17, 15) is 9.65 Å². The molecule has 1 atom stereocenters. The highest BCUT2D eigenvalue weighted by Crippen LogP contribution is 2.34. The minimum atomic E-state index is -0.309. The van der Waals surface area contributed by atoms with Gasteiger partial charge in [0.05, 0.1) is 17.7 Å². The number of nitrogens with zero attached hydrogens (tertiary/aromatic N) is 1. The molecular formula is C28H26FNO. The summed E-state index contributed by atoms with van der Waals surface area (Å²) in [6.07, 6.45) is 1.02. The molecule has 3 aromatic carbocycles. The molecule has 0 spiro atoms. The number of nitriles is 1. The average Bonchev–Trinajstić information content (AvgIpc) is 2.81. The summed E-state index contributed by atoms with van der Waals surface area (Å²) < 4.78 is 19.3. The Balaban J connectivity index is 2.02. The lowest BCUT2D eigenvalue weighted by Crippen LogP contribution is -2.03. The molecular weight excluding hydrogens is 385 g/mol. The summed E-state index contributed by atoms with van der Waals surface area (Å²) in [5.41, 5.74) is 7.06. The van der Waals surface area contributed by atoms with Crippen molar-refractivity contribution < 1.29 is 9.13 Å². The van der Waals surface area contributed by atoms with E-state index in [2.05, 4.69) is 38.3 Å². The van der Waals surface area contributed by atoms with Crippen molar-refractivity contribution in [2.45, 2.75) is 25.9 Å². The van der Waals surface area contributed by atoms with Gasteiger partial charge in [-0.25, -0.2) is 4.39 Å². The van der Waals surface area contributed by atoms with E-state index in [-0.39, 0.29) is 11.9 Å². The van der Waals surface area contributed by atoms with Crippen molar-refractivity contribution in [3.8, 4) is 17.2 Å². The fraction of sp³-hybridized carbons (Fsp3) is 0.179. The van der Waals surface area contributed by atoms with Gasteiger partial charge < -0.3 is 4.74 Å². The molecule has 3 rings (SSSR count). The summed E-state index contributed by atoms with van der Waals surface area (Å²) in [4.78, 5) is 0. The van der Waals surface area contributed by atoms with Gasteiger partial charge in [0.25, 0.3) is 0 Å². The Morgan fingerprint density at radius 2 is 1.71 bits per heavy atom. The van der Waals surface area contributed by atoms with Crippen LogP contribution in [0, 0.1) is 17.1 Å². The molecule has 0 saturated heterocycles. The standard InChI is InChI=1S/C28H26FNO/c1-5-19(2)23-14-24(16-25(15-23)27-12-7-6-9-22(27)18-30)20(3)13-28(31-4)21-10-8-11-26(29)17-21/h6-12,14-17,28H,2-3,5,13H2,1,4H3. The van der Waals surface area contributed by atoms with Gasteiger partial charge >= 0.3 is 0 Å². The zero-order chi connectivity index (χ0) is 22.4. The molecule has 0 aliphatic carbocycles. The first-order valence-electron chi connectivity index (χ1n) is 10.3. The van der Waals surface area contributed by atoms with Gasteiger partial charge in [0.1, 0.15) is 5.82 Å². The first-order chi connectivity index (χ1) is 15.0. The molecule has 31 heavy (non-hydrogen) atoms. The van der Waals surface area contributed by atoms with Crippen LogP contribution < -0.4 is 0 Å². The molecule has 0 aliphatic rings. The maximum atomic E-state index is 13.7. The van der Waals surface area contributed by atoms with Crippen LogP contribution in [0.4, 0.5) is 4.39 Å². The smallest absolute Gasteiger partial charge is 0.123 e. The number of halogens is 1. The molecule has 3 heteroatoms. The molecule has 0 amide bonds. The van der Waals surface area contributed by atoms with Crippen LogP contribution >= 0.6 is 0 Å². The van der Waals surface area contributed by atoms with Gasteiger partial charge in [-0.05, 0) is 81.8 Å². The number of hydrogen-bond acceptors (Lipinski definition) is 2. The van der Waals surface area contributed by atoms with Crippen molar-refractivity contribution >= 4 is 11.1 Å². The molecule has 0 N–H and O–H groups in total. The largest absolute Gasteiger partial charge is 0.376 e. The van der Waals surface area contributed by atoms with Crippen molar-refractivity contribution in [1.29, 1.82) is 5.26 Å². The Hall–Kier alpha value is -3.48. The van der Waals surface area contributed by atoms with Crippen molar-refractivity contribution in [1.82, 2.24) is 0 Å². The van der Waals surface area contributed by atoms with Gasteiger partial charge in [-0.1, -0.05) is 50.4 Å². The highest BCUT2D eigenvalue weighted by atomic mass is 19.1. The van der Waals surface area contributed by atoms with Crippen LogP contribution in [0.3, 0.4) is 0 Å². The Morgan fingerprint density at radius 3 is 2.35 bits per heavy atom. The lowest BCUT2D eigenvalue weighted by Gasteiger charge is -2.19. The van der Waals surface area contributed by atoms with Crippen molar-refractivity contribution in [2.24, 2.45) is 0 Å². The van der Waals surface area contributed by atoms with Crippen molar-refractivity contribution in [2.75, 3.05) is 7.11 Å². The summed E-state index contributed by atoms with van der Waals surface area (Å²) >= 11 is 0. The second-order valence-electron chi connectivity index (χ2n) is 7.50. The van der Waals surface area contributed by atoms with Gasteiger partial charge in [-0.15, -0.1) is 0 Å². The Kier molecular flexibility index (Phi) is 7.18. The van der Waals surface area contributed by atoms with Crippen LogP contribution in [0.25, 0.3) is 22.3 Å². The Morgan fingerprint density at radius 1 is 1.00 bits per heavy atom. The molecule has 2 nitrogen and oxygen atoms in total. The quantitative estimate of drug-likeness (QED) is 0.383. The minimum Gasteiger partial charge on any atom is -0.376 e. The van der Waals surface area contributed by atoms with Crippen LogP contribution in [0.2, 0.25) is 0 Å². The summed E-state index contributed by atoms with van der Waals surface area (Å²) in [5, 5.41) is 9.55. The second kappa shape index (κ2) is 10.0. The lowest BCUT2D eigenvalue weighted by atomic mass is 9.89. The van der Waals surface area contributed by atoms with E-state index in [1.54, 1.807) is 13.2 Å². The van der Waals surface area contributed by atoms with E-state index in [4.69, 9.17) is 4.74 Å². The summed E-state index contributed by atoms with van der Waals surface area (Å²) in [6, 6.07) is 22.5. The Bertz CT molecular complexity index is 1160. The van der Waals surface area contributed by atoms with E-state index >= 15 is 0 Å². The van der Waals surface area contributed by atoms with Crippen LogP contribution in [-0.2, 0) is 4.74 Å². The topological polar surface area (TPSA) is 33.0 Å². The molecule has 0 saturated carbocycles. The predicted octanol–water partition coefficient (Wildman–Crippen LogP) is 7.58. The first-order valence-corrected chi connectivity index (χ1v) is 10.3. The van der Waals surface area contributed by atoms with Crippen molar-refractivity contribution in [3.05, 3.63) is 108 Å². The molecule has 0 radical (unpaired) electrons. The number of benzene rings is 3. The summed E-state index contributed by atoms with van der Waals surface area (Å²) in [5.74, 6) is -0.290. The fourth-order valence-corrected chi connectivity index (χ4v) is 3.61. The van der Waals surface area contributed by atoms with Crippen molar-refractivity contribution in [3.63, 3.8) is 0 Å². The number of methoxy groups -OCH3 is 1. The third-order valence-corrected chi connectivity index (χ3v) is 5.47. The number of rotatable bonds is 8. The minimum absolute atomic E-state index is 0.290. The van der Waals surface area contributed by atoms with Gasteiger partial charge in [0, 0.05) is 13.5 Å². The van der Waals surface area contributed by atoms with E-state index in [0.29, 0.717) is 12.0 Å². The van der Waals surface area contributed by atoms with E-state index in [1.807, 2.05) is 36.4 Å². The van der Waals surface area contributed by atoms with Crippen LogP contribution in [0.1, 0.15) is 48.1 Å². The number of ether oxygens (including phenoxy) is 1. The van der Waals surface area contributed by atoms with E-state index < -0.39 is 0 Å². The number of allylic oxidation sites excluding steroid dienone is 1. The highest BCUT2D eigenvalue weighted by molar-refractivity contribution is 5.80. The van der Waals surface area contributed by atoms with E-state index in [1.165, 1.54) is 12.1 Å².